The highest BCUT2D eigenvalue weighted by atomic mass is 32.2. The number of nitrogens with zero attached hydrogens (tertiary/aromatic N) is 2. The van der Waals surface area contributed by atoms with Crippen molar-refractivity contribution in [3.8, 4) is 23.1 Å². The maximum absolute atomic E-state index is 11.3. The normalized spacial score (nSPS) is 12.6. The molecule has 1 aliphatic rings. The van der Waals surface area contributed by atoms with Crippen molar-refractivity contribution in [3.05, 3.63) is 48.0 Å². The van der Waals surface area contributed by atoms with Gasteiger partial charge in [-0.2, -0.15) is 5.26 Å². The molecule has 7 heteroatoms. The number of sulfonamides is 1. The minimum Gasteiger partial charge on any atom is -0.497 e. The zero-order chi connectivity index (χ0) is 20.3. The molecule has 28 heavy (non-hydrogen) atoms. The van der Waals surface area contributed by atoms with Crippen LogP contribution >= 0.6 is 0 Å². The smallest absolute Gasteiger partial charge is 0.229 e. The molecule has 0 unspecified atom stereocenters. The Morgan fingerprint density at radius 1 is 1.11 bits per heavy atom. The fraction of sp³-hybridized carbons (Fsp3) is 0.286. The molecule has 4 rings (SSSR count). The van der Waals surface area contributed by atoms with E-state index in [0.29, 0.717) is 11.3 Å². The summed E-state index contributed by atoms with van der Waals surface area (Å²) >= 11 is 0. The number of fused-ring (bicyclic) bond motifs is 1. The second-order valence-corrected chi connectivity index (χ2v) is 8.54. The number of nitriles is 1. The summed E-state index contributed by atoms with van der Waals surface area (Å²) in [5.41, 5.74) is 3.54. The van der Waals surface area contributed by atoms with Crippen LogP contribution in [-0.2, 0) is 17.1 Å². The third kappa shape index (κ3) is 4.46. The van der Waals surface area contributed by atoms with Gasteiger partial charge in [0, 0.05) is 24.2 Å². The van der Waals surface area contributed by atoms with Gasteiger partial charge in [0.2, 0.25) is 10.0 Å². The summed E-state index contributed by atoms with van der Waals surface area (Å²) in [7, 11) is 0.165. The fourth-order valence-corrected chi connectivity index (χ4v) is 3.47. The number of benzene rings is 2. The molecular weight excluding hydrogens is 374 g/mol. The van der Waals surface area contributed by atoms with E-state index in [2.05, 4.69) is 10.8 Å². The van der Waals surface area contributed by atoms with Gasteiger partial charge in [-0.05, 0) is 29.8 Å². The van der Waals surface area contributed by atoms with E-state index in [4.69, 9.17) is 4.74 Å². The number of hydrogen-bond acceptors (Lipinski definition) is 4. The Bertz CT molecular complexity index is 1140. The highest BCUT2D eigenvalue weighted by Gasteiger charge is 2.17. The molecule has 1 aromatic heterocycles. The molecule has 6 nitrogen and oxygen atoms in total. The average molecular weight is 398 g/mol. The number of anilines is 1. The van der Waals surface area contributed by atoms with Gasteiger partial charge in [-0.1, -0.05) is 31.4 Å². The van der Waals surface area contributed by atoms with Crippen LogP contribution in [0.5, 0.6) is 5.75 Å². The number of hydrogen-bond donors (Lipinski definition) is 1. The summed E-state index contributed by atoms with van der Waals surface area (Å²) < 4.78 is 32.3. The molecule has 2 aromatic carbocycles. The molecule has 1 fully saturated rings. The van der Waals surface area contributed by atoms with Crippen LogP contribution in [0.4, 0.5) is 5.69 Å². The van der Waals surface area contributed by atoms with Crippen molar-refractivity contribution in [1.82, 2.24) is 4.57 Å². The second-order valence-electron chi connectivity index (χ2n) is 6.79. The fourth-order valence-electron chi connectivity index (χ4n) is 2.90. The summed E-state index contributed by atoms with van der Waals surface area (Å²) in [6.07, 6.45) is 5.60. The number of aryl methyl sites for hydroxylation is 1. The Morgan fingerprint density at radius 2 is 1.75 bits per heavy atom. The Morgan fingerprint density at radius 3 is 2.25 bits per heavy atom. The molecule has 0 aliphatic heterocycles. The van der Waals surface area contributed by atoms with Gasteiger partial charge in [-0.3, -0.25) is 4.72 Å². The van der Waals surface area contributed by atoms with E-state index < -0.39 is 10.0 Å². The number of ether oxygens (including phenoxy) is 1. The lowest BCUT2D eigenvalue weighted by Gasteiger charge is -2.08. The highest BCUT2D eigenvalue weighted by molar-refractivity contribution is 7.92. The van der Waals surface area contributed by atoms with Gasteiger partial charge in [-0.15, -0.1) is 0 Å². The molecule has 1 aliphatic carbocycles. The molecule has 0 atom stereocenters. The summed E-state index contributed by atoms with van der Waals surface area (Å²) in [5, 5.41) is 10.5. The van der Waals surface area contributed by atoms with Crippen molar-refractivity contribution in [2.75, 3.05) is 18.1 Å². The average Bonchev–Trinajstić information content (AvgIpc) is 3.51. The monoisotopic (exact) mass is 397 g/mol. The third-order valence-electron chi connectivity index (χ3n) is 4.33. The zero-order valence-corrected chi connectivity index (χ0v) is 17.0. The molecule has 0 radical (unpaired) electrons. The highest BCUT2D eigenvalue weighted by Crippen LogP contribution is 2.34. The first-order valence-electron chi connectivity index (χ1n) is 8.99. The molecule has 0 saturated heterocycles. The van der Waals surface area contributed by atoms with Gasteiger partial charge in [0.25, 0.3) is 0 Å². The van der Waals surface area contributed by atoms with Gasteiger partial charge >= 0.3 is 0 Å². The summed E-state index contributed by atoms with van der Waals surface area (Å²) in [6, 6.07) is 14.8. The molecule has 0 amide bonds. The molecule has 146 valence electrons. The predicted octanol–water partition coefficient (Wildman–Crippen LogP) is 4.27. The lowest BCUT2D eigenvalue weighted by molar-refractivity contribution is 0.415. The second kappa shape index (κ2) is 7.95. The van der Waals surface area contributed by atoms with E-state index in [9.17, 15) is 13.7 Å². The van der Waals surface area contributed by atoms with E-state index in [0.717, 1.165) is 34.2 Å². The van der Waals surface area contributed by atoms with Gasteiger partial charge in [0.1, 0.15) is 11.8 Å². The van der Waals surface area contributed by atoms with Crippen molar-refractivity contribution in [2.45, 2.75) is 19.3 Å². The molecule has 1 saturated carbocycles. The van der Waals surface area contributed by atoms with E-state index >= 15 is 0 Å². The first-order chi connectivity index (χ1) is 13.3. The number of nitrogens with one attached hydrogen (secondary N) is 1. The zero-order valence-electron chi connectivity index (χ0n) is 16.2. The largest absolute Gasteiger partial charge is 0.497 e. The van der Waals surface area contributed by atoms with E-state index in [1.165, 1.54) is 19.3 Å². The molecule has 0 spiro atoms. The minimum absolute atomic E-state index is 0.477. The molecule has 1 N–H and O–H groups in total. The van der Waals surface area contributed by atoms with Crippen LogP contribution in [0.2, 0.25) is 0 Å². The molecular formula is C21H23N3O3S. The Balaban J connectivity index is 0.000000684. The van der Waals surface area contributed by atoms with Gasteiger partial charge in [0.05, 0.1) is 30.1 Å². The lowest BCUT2D eigenvalue weighted by Crippen LogP contribution is -2.09. The van der Waals surface area contributed by atoms with Crippen LogP contribution in [0.1, 0.15) is 24.8 Å². The topological polar surface area (TPSA) is 84.1 Å². The maximum atomic E-state index is 11.3. The Kier molecular flexibility index (Phi) is 5.61. The third-order valence-corrected chi connectivity index (χ3v) is 4.94. The summed E-state index contributed by atoms with van der Waals surface area (Å²) in [6.45, 7) is 0. The van der Waals surface area contributed by atoms with Crippen molar-refractivity contribution in [3.63, 3.8) is 0 Å². The predicted molar refractivity (Wildman–Crippen MR) is 112 cm³/mol. The summed E-state index contributed by atoms with van der Waals surface area (Å²) in [5.74, 6) is 0.719. The SMILES string of the molecule is C1CC1.COc1ccc2c(C#N)c(-c3ccc(NS(C)(=O)=O)cc3)n(C)c2c1. The van der Waals surface area contributed by atoms with Crippen molar-refractivity contribution >= 4 is 26.6 Å². The van der Waals surface area contributed by atoms with Crippen molar-refractivity contribution in [2.24, 2.45) is 7.05 Å². The van der Waals surface area contributed by atoms with Crippen molar-refractivity contribution in [1.29, 1.82) is 5.26 Å². The number of methoxy groups -OCH3 is 1. The number of aromatic nitrogens is 1. The van der Waals surface area contributed by atoms with Gasteiger partial charge in [-0.25, -0.2) is 8.42 Å². The van der Waals surface area contributed by atoms with Crippen LogP contribution in [0.15, 0.2) is 42.5 Å². The Hall–Kier alpha value is -2.98. The first kappa shape index (κ1) is 19.8. The van der Waals surface area contributed by atoms with Crippen LogP contribution in [0, 0.1) is 11.3 Å². The van der Waals surface area contributed by atoms with Crippen molar-refractivity contribution < 1.29 is 13.2 Å². The van der Waals surface area contributed by atoms with Crippen LogP contribution in [0.3, 0.4) is 0 Å². The number of rotatable bonds is 4. The van der Waals surface area contributed by atoms with Gasteiger partial charge in [0.15, 0.2) is 0 Å². The standard InChI is InChI=1S/C18H17N3O3S.C3H6/c1-21-17-10-14(24-2)8-9-15(17)16(11-19)18(21)12-4-6-13(7-5-12)20-25(3,22)23;1-2-3-1/h4-10,20H,1-3H3;1-3H2. The summed E-state index contributed by atoms with van der Waals surface area (Å²) in [4.78, 5) is 0. The minimum atomic E-state index is -3.33. The molecule has 0 bridgehead atoms. The van der Waals surface area contributed by atoms with Crippen LogP contribution in [0.25, 0.3) is 22.2 Å². The first-order valence-corrected chi connectivity index (χ1v) is 10.9. The van der Waals surface area contributed by atoms with E-state index in [1.54, 1.807) is 31.4 Å². The quantitative estimate of drug-likeness (QED) is 0.713. The Labute approximate surface area is 165 Å². The molecule has 1 heterocycles. The van der Waals surface area contributed by atoms with E-state index in [-0.39, 0.29) is 0 Å². The van der Waals surface area contributed by atoms with Gasteiger partial charge < -0.3 is 9.30 Å². The van der Waals surface area contributed by atoms with E-state index in [1.807, 2.05) is 29.8 Å². The van der Waals surface area contributed by atoms with Crippen LogP contribution in [-0.4, -0.2) is 26.4 Å². The molecule has 3 aromatic rings. The maximum Gasteiger partial charge on any atom is 0.229 e. The lowest BCUT2D eigenvalue weighted by atomic mass is 10.1. The van der Waals surface area contributed by atoms with Crippen LogP contribution < -0.4 is 9.46 Å².